The number of pyridine rings is 2. The molecule has 4 heterocycles. The first-order valence-electron chi connectivity index (χ1n) is 13.0. The molecule has 3 N–H and O–H groups in total. The molecule has 0 bridgehead atoms. The first-order valence-corrected chi connectivity index (χ1v) is 13.0. The predicted molar refractivity (Wildman–Crippen MR) is 159 cm³/mol. The SMILES string of the molecule is C=C(/C=N\C=C(/C)C(=C)/C=c1/c(-c2nc3c(-c4cncc(F)c4)cncc3[nH]2)c(CC)[nH]/c1=C/C)NC(=O)CC. The van der Waals surface area contributed by atoms with Crippen LogP contribution in [0, 0.1) is 5.82 Å². The Bertz CT molecular complexity index is 1790. The first kappa shape index (κ1) is 28.1. The smallest absolute Gasteiger partial charge is 0.224 e. The number of nitrogens with zero attached hydrogens (tertiary/aromatic N) is 4. The lowest BCUT2D eigenvalue weighted by atomic mass is 10.1. The summed E-state index contributed by atoms with van der Waals surface area (Å²) in [5.41, 5.74) is 6.64. The molecule has 9 heteroatoms. The molecule has 0 saturated heterocycles. The van der Waals surface area contributed by atoms with Crippen LogP contribution in [0.25, 0.3) is 45.7 Å². The number of hydrogen-bond donors (Lipinski definition) is 3. The number of aromatic amines is 2. The number of aromatic nitrogens is 5. The highest BCUT2D eigenvalue weighted by Crippen LogP contribution is 2.29. The average Bonchev–Trinajstić information content (AvgIpc) is 3.53. The number of aliphatic imine (C=N–C) groups is 1. The Morgan fingerprint density at radius 2 is 1.93 bits per heavy atom. The number of fused-ring (bicyclic) bond motifs is 1. The number of carbonyl (C=O) groups excluding carboxylic acids is 1. The maximum absolute atomic E-state index is 13.9. The van der Waals surface area contributed by atoms with Crippen LogP contribution < -0.4 is 15.9 Å². The van der Waals surface area contributed by atoms with Gasteiger partial charge in [0.05, 0.1) is 29.1 Å². The van der Waals surface area contributed by atoms with Gasteiger partial charge in [0, 0.05) is 64.2 Å². The van der Waals surface area contributed by atoms with Crippen molar-refractivity contribution in [1.82, 2.24) is 30.2 Å². The lowest BCUT2D eigenvalue weighted by Crippen LogP contribution is -2.24. The third kappa shape index (κ3) is 6.04. The van der Waals surface area contributed by atoms with Gasteiger partial charge in [-0.1, -0.05) is 33.1 Å². The third-order valence-electron chi connectivity index (χ3n) is 6.38. The summed E-state index contributed by atoms with van der Waals surface area (Å²) < 4.78 is 13.9. The number of amides is 1. The zero-order valence-electron chi connectivity index (χ0n) is 23.1. The summed E-state index contributed by atoms with van der Waals surface area (Å²) in [6.07, 6.45) is 14.4. The zero-order valence-corrected chi connectivity index (χ0v) is 23.1. The van der Waals surface area contributed by atoms with E-state index in [4.69, 9.17) is 4.98 Å². The molecule has 0 aliphatic carbocycles. The van der Waals surface area contributed by atoms with Crippen molar-refractivity contribution in [3.63, 3.8) is 0 Å². The summed E-state index contributed by atoms with van der Waals surface area (Å²) in [5.74, 6) is 0.119. The molecule has 0 aliphatic heterocycles. The lowest BCUT2D eigenvalue weighted by Gasteiger charge is -2.02. The van der Waals surface area contributed by atoms with Gasteiger partial charge in [-0.05, 0) is 43.6 Å². The van der Waals surface area contributed by atoms with Crippen LogP contribution in [0.2, 0.25) is 0 Å². The highest BCUT2D eigenvalue weighted by molar-refractivity contribution is 5.93. The minimum atomic E-state index is -0.425. The van der Waals surface area contributed by atoms with Crippen LogP contribution in [-0.4, -0.2) is 37.0 Å². The summed E-state index contributed by atoms with van der Waals surface area (Å²) in [7, 11) is 0. The minimum Gasteiger partial charge on any atom is -0.358 e. The topological polar surface area (TPSA) is 112 Å². The van der Waals surface area contributed by atoms with E-state index < -0.39 is 5.82 Å². The van der Waals surface area contributed by atoms with E-state index in [-0.39, 0.29) is 5.91 Å². The van der Waals surface area contributed by atoms with E-state index in [0.717, 1.165) is 44.9 Å². The van der Waals surface area contributed by atoms with Crippen molar-refractivity contribution in [2.24, 2.45) is 4.99 Å². The molecular weight excluding hydrogens is 505 g/mol. The van der Waals surface area contributed by atoms with Crippen molar-refractivity contribution in [3.05, 3.63) is 89.1 Å². The summed E-state index contributed by atoms with van der Waals surface area (Å²) in [4.78, 5) is 36.0. The van der Waals surface area contributed by atoms with Gasteiger partial charge in [-0.2, -0.15) is 0 Å². The number of nitrogens with one attached hydrogen (secondary N) is 3. The van der Waals surface area contributed by atoms with E-state index >= 15 is 0 Å². The Kier molecular flexibility index (Phi) is 8.63. The number of halogens is 1. The molecule has 4 aromatic heterocycles. The quantitative estimate of drug-likeness (QED) is 0.209. The normalized spacial score (nSPS) is 13.0. The Labute approximate surface area is 231 Å². The summed E-state index contributed by atoms with van der Waals surface area (Å²) in [6, 6.07) is 1.42. The van der Waals surface area contributed by atoms with Crippen molar-refractivity contribution in [2.75, 3.05) is 0 Å². The lowest BCUT2D eigenvalue weighted by molar-refractivity contribution is -0.119. The van der Waals surface area contributed by atoms with Gasteiger partial charge in [-0.3, -0.25) is 19.8 Å². The Hall–Kier alpha value is -4.92. The molecule has 1 amide bonds. The van der Waals surface area contributed by atoms with Crippen LogP contribution in [0.3, 0.4) is 0 Å². The molecule has 8 nitrogen and oxygen atoms in total. The number of imidazole rings is 1. The van der Waals surface area contributed by atoms with Gasteiger partial charge >= 0.3 is 0 Å². The Balaban J connectivity index is 1.78. The van der Waals surface area contributed by atoms with E-state index in [1.807, 2.05) is 26.0 Å². The van der Waals surface area contributed by atoms with Gasteiger partial charge in [0.1, 0.15) is 11.6 Å². The molecule has 0 aromatic carbocycles. The summed E-state index contributed by atoms with van der Waals surface area (Å²) >= 11 is 0. The van der Waals surface area contributed by atoms with Crippen LogP contribution in [0.15, 0.2) is 72.0 Å². The molecule has 4 aromatic rings. The number of H-pyrrole nitrogens is 2. The fraction of sp³-hybridized carbons (Fsp3) is 0.194. The van der Waals surface area contributed by atoms with Crippen LogP contribution in [0.1, 0.15) is 39.8 Å². The molecule has 0 fully saturated rings. The number of hydrogen-bond acceptors (Lipinski definition) is 5. The van der Waals surface area contributed by atoms with E-state index in [9.17, 15) is 9.18 Å². The zero-order chi connectivity index (χ0) is 28.8. The Morgan fingerprint density at radius 1 is 1.15 bits per heavy atom. The molecule has 0 radical (unpaired) electrons. The molecule has 0 aliphatic rings. The predicted octanol–water partition coefficient (Wildman–Crippen LogP) is 4.87. The second-order valence-electron chi connectivity index (χ2n) is 9.20. The molecular formula is C31H32FN7O. The maximum atomic E-state index is 13.9. The number of allylic oxidation sites excluding steroid dienone is 3. The van der Waals surface area contributed by atoms with E-state index in [1.54, 1.807) is 31.7 Å². The minimum absolute atomic E-state index is 0.119. The third-order valence-corrected chi connectivity index (χ3v) is 6.38. The molecule has 4 rings (SSSR count). The van der Waals surface area contributed by atoms with Gasteiger partial charge < -0.3 is 15.3 Å². The molecule has 204 valence electrons. The van der Waals surface area contributed by atoms with Crippen LogP contribution >= 0.6 is 0 Å². The van der Waals surface area contributed by atoms with Crippen molar-refractivity contribution >= 4 is 35.3 Å². The van der Waals surface area contributed by atoms with E-state index in [1.165, 1.54) is 18.5 Å². The monoisotopic (exact) mass is 537 g/mol. The fourth-order valence-electron chi connectivity index (χ4n) is 4.23. The van der Waals surface area contributed by atoms with Gasteiger partial charge in [-0.25, -0.2) is 9.37 Å². The summed E-state index contributed by atoms with van der Waals surface area (Å²) in [5, 5.41) is 4.53. The molecule has 0 atom stereocenters. The average molecular weight is 538 g/mol. The summed E-state index contributed by atoms with van der Waals surface area (Å²) in [6.45, 7) is 15.8. The van der Waals surface area contributed by atoms with Gasteiger partial charge in [0.2, 0.25) is 5.91 Å². The number of rotatable bonds is 9. The van der Waals surface area contributed by atoms with Crippen LogP contribution in [-0.2, 0) is 11.2 Å². The maximum Gasteiger partial charge on any atom is 0.224 e. The molecule has 0 unspecified atom stereocenters. The van der Waals surface area contributed by atoms with Crippen LogP contribution in [0.4, 0.5) is 4.39 Å². The largest absolute Gasteiger partial charge is 0.358 e. The highest BCUT2D eigenvalue weighted by Gasteiger charge is 2.17. The molecule has 40 heavy (non-hydrogen) atoms. The second kappa shape index (κ2) is 12.3. The van der Waals surface area contributed by atoms with Gasteiger partial charge in [0.15, 0.2) is 0 Å². The Morgan fingerprint density at radius 3 is 2.62 bits per heavy atom. The van der Waals surface area contributed by atoms with E-state index in [0.29, 0.717) is 34.6 Å². The fourth-order valence-corrected chi connectivity index (χ4v) is 4.23. The highest BCUT2D eigenvalue weighted by atomic mass is 19.1. The van der Waals surface area contributed by atoms with Crippen molar-refractivity contribution in [3.8, 4) is 22.5 Å². The van der Waals surface area contributed by atoms with Crippen molar-refractivity contribution < 1.29 is 9.18 Å². The van der Waals surface area contributed by atoms with E-state index in [2.05, 4.69) is 50.3 Å². The number of carbonyl (C=O) groups is 1. The van der Waals surface area contributed by atoms with Crippen molar-refractivity contribution in [2.45, 2.75) is 40.5 Å². The van der Waals surface area contributed by atoms with Gasteiger partial charge in [0.25, 0.3) is 0 Å². The number of aryl methyl sites for hydroxylation is 1. The second-order valence-corrected chi connectivity index (χ2v) is 9.20. The van der Waals surface area contributed by atoms with Crippen LogP contribution in [0.5, 0.6) is 0 Å². The van der Waals surface area contributed by atoms with Crippen molar-refractivity contribution in [1.29, 1.82) is 0 Å². The molecule has 0 spiro atoms. The molecule has 0 saturated carbocycles. The first-order chi connectivity index (χ1) is 19.2. The standard InChI is InChI=1S/C31H32FN7O/c1-7-25-23(10-18(4)19(5)12-33-13-20(6)36-28(40)9-3)29(26(8-2)37-25)31-38-27-17-35-16-24(30(27)39-31)21-11-22(32)15-34-14-21/h7,10-17,37H,4,6,8-9H2,1-3,5H3,(H,36,40)(H,38,39)/b19-12+,23-10+,25-7+,33-13-. The van der Waals surface area contributed by atoms with Gasteiger partial charge in [-0.15, -0.1) is 0 Å².